The van der Waals surface area contributed by atoms with Crippen molar-refractivity contribution in [2.45, 2.75) is 32.7 Å². The number of carbonyl (C=O) groups excluding carboxylic acids is 1. The molecular weight excluding hydrogens is 304 g/mol. The number of ether oxygens (including phenoxy) is 1. The molecule has 2 aromatic heterocycles. The lowest BCUT2D eigenvalue weighted by Gasteiger charge is -2.31. The van der Waals surface area contributed by atoms with E-state index in [2.05, 4.69) is 15.4 Å². The van der Waals surface area contributed by atoms with Crippen LogP contribution in [0.3, 0.4) is 0 Å². The number of rotatable bonds is 4. The molecule has 0 unspecified atom stereocenters. The zero-order valence-corrected chi connectivity index (χ0v) is 14.5. The minimum absolute atomic E-state index is 0.0610. The van der Waals surface area contributed by atoms with Gasteiger partial charge in [0.1, 0.15) is 0 Å². The Morgan fingerprint density at radius 2 is 2.12 bits per heavy atom. The first kappa shape index (κ1) is 16.6. The minimum atomic E-state index is -0.0709. The highest BCUT2D eigenvalue weighted by molar-refractivity contribution is 5.96. The van der Waals surface area contributed by atoms with Gasteiger partial charge in [-0.15, -0.1) is 0 Å². The van der Waals surface area contributed by atoms with Crippen LogP contribution in [0.4, 0.5) is 0 Å². The zero-order chi connectivity index (χ0) is 17.1. The van der Waals surface area contributed by atoms with Crippen LogP contribution in [-0.4, -0.2) is 33.9 Å². The third-order valence-corrected chi connectivity index (χ3v) is 4.80. The normalized spacial score (nSPS) is 16.8. The Bertz CT molecular complexity index is 705. The van der Waals surface area contributed by atoms with Crippen molar-refractivity contribution in [2.75, 3.05) is 13.2 Å². The molecule has 2 aromatic rings. The molecule has 128 valence electrons. The van der Waals surface area contributed by atoms with E-state index in [0.29, 0.717) is 11.5 Å². The van der Waals surface area contributed by atoms with Gasteiger partial charge >= 0.3 is 0 Å². The van der Waals surface area contributed by atoms with Gasteiger partial charge in [-0.25, -0.2) is 0 Å². The molecule has 1 aliphatic rings. The van der Waals surface area contributed by atoms with Gasteiger partial charge < -0.3 is 10.1 Å². The van der Waals surface area contributed by atoms with Crippen molar-refractivity contribution in [3.05, 3.63) is 47.0 Å². The van der Waals surface area contributed by atoms with Gasteiger partial charge in [0.05, 0.1) is 17.3 Å². The summed E-state index contributed by atoms with van der Waals surface area (Å²) in [5.74, 6) is 0.280. The molecule has 6 heteroatoms. The first-order valence-corrected chi connectivity index (χ1v) is 8.36. The predicted molar refractivity (Wildman–Crippen MR) is 90.7 cm³/mol. The first-order chi connectivity index (χ1) is 11.6. The fraction of sp³-hybridized carbons (Fsp3) is 0.500. The van der Waals surface area contributed by atoms with Gasteiger partial charge in [0.2, 0.25) is 0 Å². The van der Waals surface area contributed by atoms with Crippen LogP contribution in [0, 0.1) is 19.8 Å². The lowest BCUT2D eigenvalue weighted by atomic mass is 9.87. The summed E-state index contributed by atoms with van der Waals surface area (Å²) in [6.07, 6.45) is 5.46. The van der Waals surface area contributed by atoms with Gasteiger partial charge in [-0.05, 0) is 44.2 Å². The number of pyridine rings is 1. The topological polar surface area (TPSA) is 69.0 Å². The summed E-state index contributed by atoms with van der Waals surface area (Å²) in [7, 11) is 1.86. The molecule has 1 amide bonds. The number of aromatic nitrogens is 3. The molecule has 1 atom stereocenters. The molecule has 3 heterocycles. The van der Waals surface area contributed by atoms with E-state index in [0.717, 1.165) is 43.0 Å². The summed E-state index contributed by atoms with van der Waals surface area (Å²) < 4.78 is 7.22. The van der Waals surface area contributed by atoms with Crippen LogP contribution in [0.1, 0.15) is 46.2 Å². The van der Waals surface area contributed by atoms with Crippen molar-refractivity contribution >= 4 is 5.91 Å². The van der Waals surface area contributed by atoms with Crippen molar-refractivity contribution < 1.29 is 9.53 Å². The zero-order valence-electron chi connectivity index (χ0n) is 14.5. The van der Waals surface area contributed by atoms with E-state index in [9.17, 15) is 4.79 Å². The molecule has 0 bridgehead atoms. The highest BCUT2D eigenvalue weighted by Crippen LogP contribution is 2.30. The van der Waals surface area contributed by atoms with Gasteiger partial charge in [0.15, 0.2) is 0 Å². The van der Waals surface area contributed by atoms with E-state index in [4.69, 9.17) is 4.74 Å². The minimum Gasteiger partial charge on any atom is -0.381 e. The summed E-state index contributed by atoms with van der Waals surface area (Å²) in [5, 5.41) is 7.57. The molecule has 0 saturated carbocycles. The summed E-state index contributed by atoms with van der Waals surface area (Å²) in [6, 6.07) is 3.87. The average Bonchev–Trinajstić information content (AvgIpc) is 2.86. The standard InChI is InChI=1S/C18H24N4O2/c1-12-16(13(2)22(3)21-12)18(23)20-17(14-6-9-24-10-7-14)15-5-4-8-19-11-15/h4-5,8,11,14,17H,6-7,9-10H2,1-3H3,(H,20,23)/t17-/m1/s1. The molecule has 1 fully saturated rings. The van der Waals surface area contributed by atoms with E-state index in [1.54, 1.807) is 10.9 Å². The van der Waals surface area contributed by atoms with Crippen molar-refractivity contribution in [2.24, 2.45) is 13.0 Å². The van der Waals surface area contributed by atoms with E-state index in [1.165, 1.54) is 0 Å². The Hall–Kier alpha value is -2.21. The molecular formula is C18H24N4O2. The molecule has 6 nitrogen and oxygen atoms in total. The monoisotopic (exact) mass is 328 g/mol. The third-order valence-electron chi connectivity index (χ3n) is 4.80. The van der Waals surface area contributed by atoms with E-state index in [1.807, 2.05) is 39.2 Å². The van der Waals surface area contributed by atoms with E-state index < -0.39 is 0 Å². The summed E-state index contributed by atoms with van der Waals surface area (Å²) >= 11 is 0. The number of nitrogens with zero attached hydrogens (tertiary/aromatic N) is 3. The van der Waals surface area contributed by atoms with Crippen LogP contribution >= 0.6 is 0 Å². The molecule has 0 aliphatic carbocycles. The summed E-state index contributed by atoms with van der Waals surface area (Å²) in [6.45, 7) is 5.27. The second-order valence-corrected chi connectivity index (χ2v) is 6.36. The number of carbonyl (C=O) groups is 1. The maximum Gasteiger partial charge on any atom is 0.255 e. The molecule has 0 radical (unpaired) electrons. The Morgan fingerprint density at radius 3 is 2.71 bits per heavy atom. The molecule has 24 heavy (non-hydrogen) atoms. The Labute approximate surface area is 142 Å². The van der Waals surface area contributed by atoms with Gasteiger partial charge in [0.25, 0.3) is 5.91 Å². The maximum absolute atomic E-state index is 12.9. The Morgan fingerprint density at radius 1 is 1.38 bits per heavy atom. The van der Waals surface area contributed by atoms with Crippen molar-refractivity contribution in [1.82, 2.24) is 20.1 Å². The third kappa shape index (κ3) is 3.33. The number of aryl methyl sites for hydroxylation is 2. The van der Waals surface area contributed by atoms with Gasteiger partial charge in [0, 0.05) is 38.3 Å². The number of hydrogen-bond acceptors (Lipinski definition) is 4. The van der Waals surface area contributed by atoms with Crippen molar-refractivity contribution in [1.29, 1.82) is 0 Å². The van der Waals surface area contributed by atoms with Crippen LogP contribution in [0.15, 0.2) is 24.5 Å². The van der Waals surface area contributed by atoms with Crippen molar-refractivity contribution in [3.8, 4) is 0 Å². The van der Waals surface area contributed by atoms with Gasteiger partial charge in [-0.1, -0.05) is 6.07 Å². The van der Waals surface area contributed by atoms with Crippen LogP contribution in [0.5, 0.6) is 0 Å². The summed E-state index contributed by atoms with van der Waals surface area (Å²) in [5.41, 5.74) is 3.33. The quantitative estimate of drug-likeness (QED) is 0.935. The summed E-state index contributed by atoms with van der Waals surface area (Å²) in [4.78, 5) is 17.1. The Kier molecular flexibility index (Phi) is 4.94. The maximum atomic E-state index is 12.9. The van der Waals surface area contributed by atoms with E-state index in [-0.39, 0.29) is 11.9 Å². The second-order valence-electron chi connectivity index (χ2n) is 6.36. The molecule has 1 saturated heterocycles. The van der Waals surface area contributed by atoms with Crippen LogP contribution in [0.25, 0.3) is 0 Å². The molecule has 3 rings (SSSR count). The van der Waals surface area contributed by atoms with Crippen LogP contribution in [-0.2, 0) is 11.8 Å². The highest BCUT2D eigenvalue weighted by atomic mass is 16.5. The Balaban J connectivity index is 1.87. The molecule has 0 spiro atoms. The van der Waals surface area contributed by atoms with E-state index >= 15 is 0 Å². The predicted octanol–water partition coefficient (Wildman–Crippen LogP) is 2.33. The molecule has 0 aromatic carbocycles. The fourth-order valence-corrected chi connectivity index (χ4v) is 3.40. The molecule has 1 aliphatic heterocycles. The lowest BCUT2D eigenvalue weighted by Crippen LogP contribution is -2.36. The van der Waals surface area contributed by atoms with Crippen molar-refractivity contribution in [3.63, 3.8) is 0 Å². The molecule has 1 N–H and O–H groups in total. The fourth-order valence-electron chi connectivity index (χ4n) is 3.40. The highest BCUT2D eigenvalue weighted by Gasteiger charge is 2.29. The SMILES string of the molecule is Cc1nn(C)c(C)c1C(=O)N[C@@H](c1cccnc1)C1CCOCC1. The van der Waals surface area contributed by atoms with Gasteiger partial charge in [-0.3, -0.25) is 14.5 Å². The number of hydrogen-bond donors (Lipinski definition) is 1. The smallest absolute Gasteiger partial charge is 0.255 e. The second kappa shape index (κ2) is 7.13. The average molecular weight is 328 g/mol. The number of amides is 1. The largest absolute Gasteiger partial charge is 0.381 e. The van der Waals surface area contributed by atoms with Crippen LogP contribution in [0.2, 0.25) is 0 Å². The first-order valence-electron chi connectivity index (χ1n) is 8.36. The lowest BCUT2D eigenvalue weighted by molar-refractivity contribution is 0.0513. The van der Waals surface area contributed by atoms with Crippen LogP contribution < -0.4 is 5.32 Å². The van der Waals surface area contributed by atoms with Gasteiger partial charge in [-0.2, -0.15) is 5.10 Å². The number of nitrogens with one attached hydrogen (secondary N) is 1.